The van der Waals surface area contributed by atoms with E-state index in [1.54, 1.807) is 0 Å². The molecule has 0 nitrogen and oxygen atoms in total. The van der Waals surface area contributed by atoms with Crippen molar-refractivity contribution in [3.8, 4) is 0 Å². The van der Waals surface area contributed by atoms with Crippen LogP contribution in [-0.4, -0.2) is 0 Å². The van der Waals surface area contributed by atoms with E-state index in [0.717, 1.165) is 0 Å². The first-order chi connectivity index (χ1) is 5.20. The van der Waals surface area contributed by atoms with Gasteiger partial charge in [0, 0.05) is 0 Å². The Bertz CT molecular complexity index is 204. The Morgan fingerprint density at radius 2 is 2.00 bits per heavy atom. The Balaban J connectivity index is 2.76. The van der Waals surface area contributed by atoms with Gasteiger partial charge >= 0.3 is 0 Å². The molecule has 60 valence electrons. The first kappa shape index (κ1) is 8.32. The summed E-state index contributed by atoms with van der Waals surface area (Å²) in [5.41, 5.74) is 1.42. The Hall–Kier alpha value is -0.780. The largest absolute Gasteiger partial charge is 0.0779 e. The molecule has 1 atom stereocenters. The second-order valence-corrected chi connectivity index (χ2v) is 3.42. The van der Waals surface area contributed by atoms with Gasteiger partial charge in [0.05, 0.1) is 0 Å². The van der Waals surface area contributed by atoms with Crippen molar-refractivity contribution in [1.29, 1.82) is 0 Å². The molecule has 1 unspecified atom stereocenters. The van der Waals surface area contributed by atoms with Crippen LogP contribution < -0.4 is 0 Å². The summed E-state index contributed by atoms with van der Waals surface area (Å²) in [6, 6.07) is 0. The van der Waals surface area contributed by atoms with E-state index in [-0.39, 0.29) is 0 Å². The Labute approximate surface area is 69.3 Å². The fourth-order valence-electron chi connectivity index (χ4n) is 1.11. The molecule has 0 heterocycles. The molecule has 0 heteroatoms. The maximum absolute atomic E-state index is 2.25. The lowest BCUT2D eigenvalue weighted by Gasteiger charge is -2.03. The lowest BCUT2D eigenvalue weighted by molar-refractivity contribution is 0.790. The minimum atomic E-state index is 0.586. The fourth-order valence-corrected chi connectivity index (χ4v) is 1.11. The SMILES string of the molecule is CC1C=CC=C(C(C)C)C=C1. The minimum Gasteiger partial charge on any atom is -0.0779 e. The molecule has 0 aromatic carbocycles. The topological polar surface area (TPSA) is 0 Å². The van der Waals surface area contributed by atoms with Gasteiger partial charge in [-0.05, 0) is 17.4 Å². The lowest BCUT2D eigenvalue weighted by atomic mass is 10.0. The third-order valence-corrected chi connectivity index (χ3v) is 1.96. The minimum absolute atomic E-state index is 0.586. The van der Waals surface area contributed by atoms with Gasteiger partial charge in [-0.1, -0.05) is 51.2 Å². The molecule has 0 aromatic heterocycles. The van der Waals surface area contributed by atoms with E-state index in [1.165, 1.54) is 5.57 Å². The summed E-state index contributed by atoms with van der Waals surface area (Å²) < 4.78 is 0. The summed E-state index contributed by atoms with van der Waals surface area (Å²) in [6.45, 7) is 6.64. The average molecular weight is 148 g/mol. The molecule has 0 aliphatic heterocycles. The summed E-state index contributed by atoms with van der Waals surface area (Å²) in [5.74, 6) is 1.23. The predicted molar refractivity (Wildman–Crippen MR) is 50.4 cm³/mol. The van der Waals surface area contributed by atoms with Crippen LogP contribution >= 0.6 is 0 Å². The standard InChI is InChI=1S/C11H16/c1-9(2)11-6-4-5-10(3)7-8-11/h4-10H,1-3H3. The van der Waals surface area contributed by atoms with E-state index >= 15 is 0 Å². The smallest absolute Gasteiger partial charge is 0.00755 e. The lowest BCUT2D eigenvalue weighted by Crippen LogP contribution is -1.89. The number of hydrogen-bond donors (Lipinski definition) is 0. The molecule has 1 aliphatic rings. The van der Waals surface area contributed by atoms with Crippen LogP contribution in [0.2, 0.25) is 0 Å². The molecule has 11 heavy (non-hydrogen) atoms. The van der Waals surface area contributed by atoms with Gasteiger partial charge in [-0.2, -0.15) is 0 Å². The molecule has 1 rings (SSSR count). The van der Waals surface area contributed by atoms with Gasteiger partial charge in [0.25, 0.3) is 0 Å². The highest BCUT2D eigenvalue weighted by Gasteiger charge is 2.00. The van der Waals surface area contributed by atoms with Gasteiger partial charge in [-0.25, -0.2) is 0 Å². The zero-order valence-electron chi connectivity index (χ0n) is 7.54. The summed E-state index contributed by atoms with van der Waals surface area (Å²) in [5, 5.41) is 0. The zero-order valence-corrected chi connectivity index (χ0v) is 7.54. The van der Waals surface area contributed by atoms with Gasteiger partial charge in [-0.3, -0.25) is 0 Å². The predicted octanol–water partition coefficient (Wildman–Crippen LogP) is 3.33. The van der Waals surface area contributed by atoms with Crippen molar-refractivity contribution >= 4 is 0 Å². The third-order valence-electron chi connectivity index (χ3n) is 1.96. The molecule has 0 saturated heterocycles. The number of allylic oxidation sites excluding steroid dienone is 6. The summed E-state index contributed by atoms with van der Waals surface area (Å²) in [7, 11) is 0. The summed E-state index contributed by atoms with van der Waals surface area (Å²) in [6.07, 6.45) is 11.0. The van der Waals surface area contributed by atoms with Gasteiger partial charge in [0.2, 0.25) is 0 Å². The highest BCUT2D eigenvalue weighted by Crippen LogP contribution is 2.15. The van der Waals surface area contributed by atoms with Crippen LogP contribution in [0.4, 0.5) is 0 Å². The van der Waals surface area contributed by atoms with Crippen molar-refractivity contribution in [1.82, 2.24) is 0 Å². The highest BCUT2D eigenvalue weighted by molar-refractivity contribution is 5.29. The van der Waals surface area contributed by atoms with Gasteiger partial charge < -0.3 is 0 Å². The molecular weight excluding hydrogens is 132 g/mol. The third kappa shape index (κ3) is 2.38. The molecule has 0 bridgehead atoms. The van der Waals surface area contributed by atoms with Gasteiger partial charge in [0.1, 0.15) is 0 Å². The molecule has 0 N–H and O–H groups in total. The maximum atomic E-state index is 2.25. The number of rotatable bonds is 1. The Kier molecular flexibility index (Phi) is 2.70. The average Bonchev–Trinajstić information content (AvgIpc) is 2.13. The highest BCUT2D eigenvalue weighted by atomic mass is 14.1. The van der Waals surface area contributed by atoms with Crippen LogP contribution in [0.15, 0.2) is 36.0 Å². The molecule has 0 fully saturated rings. The molecule has 0 spiro atoms. The van der Waals surface area contributed by atoms with Crippen molar-refractivity contribution in [2.24, 2.45) is 11.8 Å². The van der Waals surface area contributed by atoms with E-state index in [4.69, 9.17) is 0 Å². The Morgan fingerprint density at radius 3 is 2.64 bits per heavy atom. The quantitative estimate of drug-likeness (QED) is 0.535. The normalized spacial score (nSPS) is 23.6. The second-order valence-electron chi connectivity index (χ2n) is 3.42. The zero-order chi connectivity index (χ0) is 8.27. The molecule has 0 aromatic rings. The van der Waals surface area contributed by atoms with Crippen LogP contribution in [0.25, 0.3) is 0 Å². The monoisotopic (exact) mass is 148 g/mol. The molecule has 0 amide bonds. The van der Waals surface area contributed by atoms with E-state index in [9.17, 15) is 0 Å². The van der Waals surface area contributed by atoms with Crippen molar-refractivity contribution in [2.75, 3.05) is 0 Å². The van der Waals surface area contributed by atoms with E-state index in [2.05, 4.69) is 51.2 Å². The number of hydrogen-bond acceptors (Lipinski definition) is 0. The van der Waals surface area contributed by atoms with Crippen LogP contribution in [0, 0.1) is 11.8 Å². The molecule has 0 saturated carbocycles. The van der Waals surface area contributed by atoms with Crippen LogP contribution in [-0.2, 0) is 0 Å². The van der Waals surface area contributed by atoms with Crippen LogP contribution in [0.3, 0.4) is 0 Å². The first-order valence-corrected chi connectivity index (χ1v) is 4.26. The van der Waals surface area contributed by atoms with Crippen LogP contribution in [0.1, 0.15) is 20.8 Å². The molecular formula is C11H16. The molecule has 0 radical (unpaired) electrons. The summed E-state index contributed by atoms with van der Waals surface area (Å²) in [4.78, 5) is 0. The maximum Gasteiger partial charge on any atom is -0.00755 e. The summed E-state index contributed by atoms with van der Waals surface area (Å²) >= 11 is 0. The van der Waals surface area contributed by atoms with E-state index < -0.39 is 0 Å². The fraction of sp³-hybridized carbons (Fsp3) is 0.455. The van der Waals surface area contributed by atoms with Crippen molar-refractivity contribution < 1.29 is 0 Å². The van der Waals surface area contributed by atoms with Crippen LogP contribution in [0.5, 0.6) is 0 Å². The van der Waals surface area contributed by atoms with E-state index in [1.807, 2.05) is 0 Å². The van der Waals surface area contributed by atoms with Crippen molar-refractivity contribution in [3.05, 3.63) is 36.0 Å². The second kappa shape index (κ2) is 3.56. The molecule has 1 aliphatic carbocycles. The van der Waals surface area contributed by atoms with E-state index in [0.29, 0.717) is 11.8 Å². The van der Waals surface area contributed by atoms with Gasteiger partial charge in [0.15, 0.2) is 0 Å². The first-order valence-electron chi connectivity index (χ1n) is 4.26. The van der Waals surface area contributed by atoms with Crippen molar-refractivity contribution in [2.45, 2.75) is 20.8 Å². The van der Waals surface area contributed by atoms with Gasteiger partial charge in [-0.15, -0.1) is 0 Å². The Morgan fingerprint density at radius 1 is 1.27 bits per heavy atom. The van der Waals surface area contributed by atoms with Crippen molar-refractivity contribution in [3.63, 3.8) is 0 Å².